The molecule has 3 aromatic rings. The fraction of sp³-hybridized carbons (Fsp3) is 0.333. The maximum Gasteiger partial charge on any atom is 0.167 e. The molecule has 1 aliphatic carbocycles. The lowest BCUT2D eigenvalue weighted by molar-refractivity contribution is -0.0115. The molecule has 0 heterocycles. The van der Waals surface area contributed by atoms with Gasteiger partial charge in [0.1, 0.15) is 0 Å². The largest absolute Gasteiger partial charge is 0.371 e. The third-order valence-electron chi connectivity index (χ3n) is 7.17. The van der Waals surface area contributed by atoms with Crippen molar-refractivity contribution in [2.75, 3.05) is 6.61 Å². The van der Waals surface area contributed by atoms with Crippen molar-refractivity contribution < 1.29 is 13.5 Å². The quantitative estimate of drug-likeness (QED) is 0.245. The number of ether oxygens (including phenoxy) is 1. The highest BCUT2D eigenvalue weighted by Gasteiger charge is 2.28. The minimum Gasteiger partial charge on any atom is -0.371 e. The van der Waals surface area contributed by atoms with Gasteiger partial charge in [0.2, 0.25) is 0 Å². The molecule has 0 aliphatic heterocycles. The van der Waals surface area contributed by atoms with Crippen LogP contribution in [0.15, 0.2) is 85.0 Å². The fourth-order valence-corrected chi connectivity index (χ4v) is 4.78. The predicted molar refractivity (Wildman–Crippen MR) is 147 cm³/mol. The molecule has 0 saturated heterocycles. The SMILES string of the molecule is CCCCCCCOC1(CC)C=CC(c2ccc(-c3ccc(-c4ccccc4)cc3)c(F)c2F)=CC1. The van der Waals surface area contributed by atoms with E-state index in [0.29, 0.717) is 17.6 Å². The number of allylic oxidation sites excluding steroid dienone is 2. The molecule has 0 saturated carbocycles. The van der Waals surface area contributed by atoms with E-state index in [4.69, 9.17) is 4.74 Å². The summed E-state index contributed by atoms with van der Waals surface area (Å²) < 4.78 is 36.7. The third-order valence-corrected chi connectivity index (χ3v) is 7.17. The summed E-state index contributed by atoms with van der Waals surface area (Å²) >= 11 is 0. The molecule has 188 valence electrons. The van der Waals surface area contributed by atoms with Gasteiger partial charge in [0.25, 0.3) is 0 Å². The topological polar surface area (TPSA) is 9.23 Å². The van der Waals surface area contributed by atoms with Gasteiger partial charge in [-0.05, 0) is 41.5 Å². The van der Waals surface area contributed by atoms with E-state index in [9.17, 15) is 0 Å². The standard InChI is InChI=1S/C33H36F2O/c1-3-5-6-7-11-24-36-33(4-2)22-20-28(21-23-33)30-19-18-29(31(34)32(30)35)27-16-14-26(15-17-27)25-12-9-8-10-13-25/h8-10,12-22H,3-7,11,23-24H2,1-2H3. The Morgan fingerprint density at radius 1 is 0.722 bits per heavy atom. The molecule has 36 heavy (non-hydrogen) atoms. The number of hydrogen-bond donors (Lipinski definition) is 0. The average molecular weight is 487 g/mol. The van der Waals surface area contributed by atoms with Crippen LogP contribution in [0.25, 0.3) is 27.8 Å². The van der Waals surface area contributed by atoms with Crippen molar-refractivity contribution in [3.63, 3.8) is 0 Å². The molecular weight excluding hydrogens is 450 g/mol. The molecule has 1 aliphatic rings. The van der Waals surface area contributed by atoms with Crippen LogP contribution in [-0.2, 0) is 4.74 Å². The fourth-order valence-electron chi connectivity index (χ4n) is 4.78. The van der Waals surface area contributed by atoms with Crippen molar-refractivity contribution in [2.24, 2.45) is 0 Å². The van der Waals surface area contributed by atoms with Crippen LogP contribution in [0.5, 0.6) is 0 Å². The summed E-state index contributed by atoms with van der Waals surface area (Å²) in [6.45, 7) is 5.05. The van der Waals surface area contributed by atoms with Gasteiger partial charge < -0.3 is 4.74 Å². The van der Waals surface area contributed by atoms with E-state index in [1.54, 1.807) is 12.1 Å². The van der Waals surface area contributed by atoms with Crippen LogP contribution in [0.2, 0.25) is 0 Å². The minimum atomic E-state index is -0.815. The van der Waals surface area contributed by atoms with Gasteiger partial charge >= 0.3 is 0 Å². The predicted octanol–water partition coefficient (Wildman–Crippen LogP) is 9.78. The van der Waals surface area contributed by atoms with Crippen molar-refractivity contribution in [3.8, 4) is 22.3 Å². The van der Waals surface area contributed by atoms with Crippen LogP contribution in [0.3, 0.4) is 0 Å². The average Bonchev–Trinajstić information content (AvgIpc) is 2.93. The van der Waals surface area contributed by atoms with Crippen molar-refractivity contribution in [3.05, 3.63) is 102 Å². The summed E-state index contributed by atoms with van der Waals surface area (Å²) in [6.07, 6.45) is 13.4. The van der Waals surface area contributed by atoms with Crippen LogP contribution >= 0.6 is 0 Å². The number of hydrogen-bond acceptors (Lipinski definition) is 1. The number of rotatable bonds is 11. The zero-order valence-electron chi connectivity index (χ0n) is 21.4. The van der Waals surface area contributed by atoms with Gasteiger partial charge in [-0.25, -0.2) is 8.78 Å². The van der Waals surface area contributed by atoms with E-state index in [1.807, 2.05) is 72.8 Å². The van der Waals surface area contributed by atoms with E-state index in [2.05, 4.69) is 13.8 Å². The molecule has 0 amide bonds. The Balaban J connectivity index is 1.45. The second-order valence-corrected chi connectivity index (χ2v) is 9.61. The Kier molecular flexibility index (Phi) is 8.88. The molecule has 1 nitrogen and oxygen atoms in total. The Hall–Kier alpha value is -3.04. The molecule has 0 bridgehead atoms. The summed E-state index contributed by atoms with van der Waals surface area (Å²) in [4.78, 5) is 0. The maximum atomic E-state index is 15.2. The maximum absolute atomic E-state index is 15.2. The monoisotopic (exact) mass is 486 g/mol. The summed E-state index contributed by atoms with van der Waals surface area (Å²) in [5.41, 5.74) is 3.69. The first kappa shape index (κ1) is 26.0. The van der Waals surface area contributed by atoms with E-state index >= 15 is 8.78 Å². The first-order valence-corrected chi connectivity index (χ1v) is 13.2. The molecule has 0 aromatic heterocycles. The van der Waals surface area contributed by atoms with Gasteiger partial charge in [-0.15, -0.1) is 0 Å². The number of halogens is 2. The molecule has 4 rings (SSSR count). The molecule has 3 heteroatoms. The van der Waals surface area contributed by atoms with Crippen molar-refractivity contribution in [1.29, 1.82) is 0 Å². The van der Waals surface area contributed by atoms with Gasteiger partial charge in [-0.2, -0.15) is 0 Å². The van der Waals surface area contributed by atoms with Crippen LogP contribution in [0, 0.1) is 11.6 Å². The Morgan fingerprint density at radius 3 is 2.03 bits per heavy atom. The Bertz CT molecular complexity index is 1190. The zero-order valence-corrected chi connectivity index (χ0v) is 21.4. The first-order valence-electron chi connectivity index (χ1n) is 13.2. The highest BCUT2D eigenvalue weighted by atomic mass is 19.2. The second kappa shape index (κ2) is 12.3. The van der Waals surface area contributed by atoms with Crippen LogP contribution in [0.1, 0.15) is 64.4 Å². The van der Waals surface area contributed by atoms with Crippen molar-refractivity contribution in [1.82, 2.24) is 0 Å². The van der Waals surface area contributed by atoms with E-state index in [1.165, 1.54) is 25.7 Å². The van der Waals surface area contributed by atoms with Crippen LogP contribution in [0.4, 0.5) is 8.78 Å². The van der Waals surface area contributed by atoms with Crippen LogP contribution in [-0.4, -0.2) is 12.2 Å². The van der Waals surface area contributed by atoms with Gasteiger partial charge in [0.05, 0.1) is 5.60 Å². The molecule has 3 aromatic carbocycles. The Labute approximate surface area is 214 Å². The van der Waals surface area contributed by atoms with Gasteiger partial charge in [-0.3, -0.25) is 0 Å². The second-order valence-electron chi connectivity index (χ2n) is 9.61. The normalized spacial score (nSPS) is 17.3. The molecule has 1 unspecified atom stereocenters. The first-order chi connectivity index (χ1) is 17.6. The minimum absolute atomic E-state index is 0.269. The lowest BCUT2D eigenvalue weighted by Gasteiger charge is -2.32. The lowest BCUT2D eigenvalue weighted by Crippen LogP contribution is -2.30. The molecule has 0 N–H and O–H groups in total. The van der Waals surface area contributed by atoms with Crippen molar-refractivity contribution in [2.45, 2.75) is 64.4 Å². The zero-order chi connectivity index (χ0) is 25.4. The van der Waals surface area contributed by atoms with Gasteiger partial charge in [0.15, 0.2) is 11.6 Å². The summed E-state index contributed by atoms with van der Waals surface area (Å²) in [7, 11) is 0. The number of unbranched alkanes of at least 4 members (excludes halogenated alkanes) is 4. The molecule has 0 spiro atoms. The summed E-state index contributed by atoms with van der Waals surface area (Å²) in [5, 5.41) is 0. The summed E-state index contributed by atoms with van der Waals surface area (Å²) in [5.74, 6) is -1.62. The molecule has 1 atom stereocenters. The lowest BCUT2D eigenvalue weighted by atomic mass is 9.86. The number of benzene rings is 3. The van der Waals surface area contributed by atoms with Crippen LogP contribution < -0.4 is 0 Å². The highest BCUT2D eigenvalue weighted by molar-refractivity contribution is 5.78. The summed E-state index contributed by atoms with van der Waals surface area (Å²) in [6, 6.07) is 20.9. The van der Waals surface area contributed by atoms with Gasteiger partial charge in [-0.1, -0.05) is 124 Å². The van der Waals surface area contributed by atoms with Gasteiger partial charge in [0, 0.05) is 17.7 Å². The van der Waals surface area contributed by atoms with E-state index < -0.39 is 11.6 Å². The molecule has 0 radical (unpaired) electrons. The van der Waals surface area contributed by atoms with Crippen molar-refractivity contribution >= 4 is 5.57 Å². The molecular formula is C33H36F2O. The highest BCUT2D eigenvalue weighted by Crippen LogP contribution is 2.36. The Morgan fingerprint density at radius 2 is 1.36 bits per heavy atom. The van der Waals surface area contributed by atoms with E-state index in [0.717, 1.165) is 30.6 Å². The van der Waals surface area contributed by atoms with E-state index in [-0.39, 0.29) is 16.7 Å². The smallest absolute Gasteiger partial charge is 0.167 e. The molecule has 0 fully saturated rings. The third kappa shape index (κ3) is 6.02.